The Hall–Kier alpha value is -2.33. The van der Waals surface area contributed by atoms with Crippen LogP contribution in [0.2, 0.25) is 0 Å². The van der Waals surface area contributed by atoms with Crippen LogP contribution in [-0.2, 0) is 15.6 Å². The predicted octanol–water partition coefficient (Wildman–Crippen LogP) is 2.33. The molecule has 0 saturated carbocycles. The third-order valence-electron chi connectivity index (χ3n) is 4.27. The number of fused-ring (bicyclic) bond motifs is 1. The van der Waals surface area contributed by atoms with Crippen molar-refractivity contribution in [3.8, 4) is 11.5 Å². The molecule has 0 saturated heterocycles. The molecular weight excluding hydrogens is 390 g/mol. The molecule has 0 fully saturated rings. The van der Waals surface area contributed by atoms with Gasteiger partial charge in [0.25, 0.3) is 0 Å². The van der Waals surface area contributed by atoms with Gasteiger partial charge in [0.2, 0.25) is 10.0 Å². The van der Waals surface area contributed by atoms with E-state index in [2.05, 4.69) is 4.72 Å². The minimum atomic E-state index is -3.89. The molecule has 27 heavy (non-hydrogen) atoms. The van der Waals surface area contributed by atoms with Crippen molar-refractivity contribution in [3.63, 3.8) is 0 Å². The molecule has 2 N–H and O–H groups in total. The highest BCUT2D eigenvalue weighted by Crippen LogP contribution is 2.34. The maximum atomic E-state index is 12.8. The Balaban J connectivity index is 1.61. The van der Waals surface area contributed by atoms with Crippen molar-refractivity contribution in [3.05, 3.63) is 64.7 Å². The fourth-order valence-electron chi connectivity index (χ4n) is 2.82. The zero-order chi connectivity index (χ0) is 18.9. The second kappa shape index (κ2) is 7.01. The number of thiophene rings is 1. The molecule has 0 bridgehead atoms. The second-order valence-corrected chi connectivity index (χ2v) is 8.53. The smallest absolute Gasteiger partial charge is 0.240 e. The molecule has 142 valence electrons. The zero-order valence-electron chi connectivity index (χ0n) is 14.1. The number of hydrogen-bond acceptors (Lipinski definition) is 7. The van der Waals surface area contributed by atoms with Gasteiger partial charge in [-0.2, -0.15) is 11.3 Å². The average Bonchev–Trinajstić information content (AvgIpc) is 3.40. The van der Waals surface area contributed by atoms with Gasteiger partial charge in [0.1, 0.15) is 19.0 Å². The molecule has 2 aromatic heterocycles. The number of rotatable bonds is 6. The number of aliphatic hydroxyl groups is 1. The number of benzene rings is 1. The highest BCUT2D eigenvalue weighted by atomic mass is 32.2. The van der Waals surface area contributed by atoms with E-state index in [0.29, 0.717) is 30.3 Å². The van der Waals surface area contributed by atoms with Crippen LogP contribution in [0.25, 0.3) is 0 Å². The molecule has 1 aliphatic rings. The normalized spacial score (nSPS) is 16.0. The molecular formula is C18H17NO6S2. The lowest BCUT2D eigenvalue weighted by molar-refractivity contribution is 0.0623. The number of ether oxygens (including phenoxy) is 2. The van der Waals surface area contributed by atoms with E-state index in [4.69, 9.17) is 13.9 Å². The molecule has 0 amide bonds. The van der Waals surface area contributed by atoms with Crippen LogP contribution in [0.4, 0.5) is 0 Å². The molecule has 0 aliphatic carbocycles. The summed E-state index contributed by atoms with van der Waals surface area (Å²) in [6.45, 7) is 0.502. The van der Waals surface area contributed by atoms with E-state index in [1.54, 1.807) is 35.0 Å². The molecule has 1 aliphatic heterocycles. The number of hydrogen-bond donors (Lipinski definition) is 2. The topological polar surface area (TPSA) is 98.0 Å². The summed E-state index contributed by atoms with van der Waals surface area (Å²) in [5.41, 5.74) is -1.07. The van der Waals surface area contributed by atoms with Gasteiger partial charge in [-0.15, -0.1) is 0 Å². The lowest BCUT2D eigenvalue weighted by atomic mass is 9.94. The van der Waals surface area contributed by atoms with Gasteiger partial charge in [0.15, 0.2) is 17.1 Å². The third kappa shape index (κ3) is 3.46. The van der Waals surface area contributed by atoms with Crippen LogP contribution >= 0.6 is 11.3 Å². The lowest BCUT2D eigenvalue weighted by Gasteiger charge is -2.26. The van der Waals surface area contributed by atoms with E-state index in [1.165, 1.54) is 29.7 Å². The number of furan rings is 1. The molecule has 9 heteroatoms. The Morgan fingerprint density at radius 1 is 1.15 bits per heavy atom. The third-order valence-corrected chi connectivity index (χ3v) is 6.35. The van der Waals surface area contributed by atoms with Gasteiger partial charge in [0, 0.05) is 11.6 Å². The van der Waals surface area contributed by atoms with Crippen LogP contribution in [0.15, 0.2) is 62.7 Å². The molecule has 1 aromatic carbocycles. The van der Waals surface area contributed by atoms with Crippen molar-refractivity contribution in [1.82, 2.24) is 4.72 Å². The SMILES string of the molecule is O=S(=O)(NCC(O)(c1ccsc1)c1ccco1)c1ccc2c(c1)OCCO2. The number of nitrogens with one attached hydrogen (secondary N) is 1. The summed E-state index contributed by atoms with van der Waals surface area (Å²) >= 11 is 1.40. The predicted molar refractivity (Wildman–Crippen MR) is 98.6 cm³/mol. The molecule has 4 rings (SSSR count). The summed E-state index contributed by atoms with van der Waals surface area (Å²) in [6.07, 6.45) is 1.43. The first-order valence-electron chi connectivity index (χ1n) is 8.17. The summed E-state index contributed by atoms with van der Waals surface area (Å²) in [7, 11) is -3.89. The van der Waals surface area contributed by atoms with Gasteiger partial charge in [0.05, 0.1) is 17.7 Å². The van der Waals surface area contributed by atoms with Crippen molar-refractivity contribution < 1.29 is 27.4 Å². The second-order valence-electron chi connectivity index (χ2n) is 5.98. The standard InChI is InChI=1S/C18H17NO6S2/c20-18(13-5-9-26-11-13,17-2-1-6-25-17)12-19-27(21,22)14-3-4-15-16(10-14)24-8-7-23-15/h1-6,9-11,19-20H,7-8,12H2. The van der Waals surface area contributed by atoms with Gasteiger partial charge in [-0.1, -0.05) is 0 Å². The lowest BCUT2D eigenvalue weighted by Crippen LogP contribution is -2.41. The average molecular weight is 407 g/mol. The first kappa shape index (κ1) is 18.1. The van der Waals surface area contributed by atoms with E-state index in [1.807, 2.05) is 0 Å². The van der Waals surface area contributed by atoms with Gasteiger partial charge >= 0.3 is 0 Å². The van der Waals surface area contributed by atoms with Crippen molar-refractivity contribution in [2.24, 2.45) is 0 Å². The summed E-state index contributed by atoms with van der Waals surface area (Å²) in [6, 6.07) is 9.38. The van der Waals surface area contributed by atoms with Crippen molar-refractivity contribution >= 4 is 21.4 Å². The van der Waals surface area contributed by atoms with Crippen LogP contribution < -0.4 is 14.2 Å². The van der Waals surface area contributed by atoms with E-state index >= 15 is 0 Å². The quantitative estimate of drug-likeness (QED) is 0.651. The Morgan fingerprint density at radius 2 is 1.96 bits per heavy atom. The van der Waals surface area contributed by atoms with Crippen LogP contribution in [0.5, 0.6) is 11.5 Å². The minimum absolute atomic E-state index is 0.0267. The summed E-state index contributed by atoms with van der Waals surface area (Å²) in [4.78, 5) is 0.0267. The molecule has 3 heterocycles. The maximum Gasteiger partial charge on any atom is 0.240 e. The largest absolute Gasteiger partial charge is 0.486 e. The summed E-state index contributed by atoms with van der Waals surface area (Å²) in [5, 5.41) is 14.7. The van der Waals surface area contributed by atoms with Crippen molar-refractivity contribution in [2.75, 3.05) is 19.8 Å². The van der Waals surface area contributed by atoms with E-state index in [0.717, 1.165) is 0 Å². The van der Waals surface area contributed by atoms with E-state index < -0.39 is 15.6 Å². The Kier molecular flexibility index (Phi) is 4.68. The minimum Gasteiger partial charge on any atom is -0.486 e. The monoisotopic (exact) mass is 407 g/mol. The zero-order valence-corrected chi connectivity index (χ0v) is 15.8. The fraction of sp³-hybridized carbons (Fsp3) is 0.222. The van der Waals surface area contributed by atoms with E-state index in [-0.39, 0.29) is 17.2 Å². The highest BCUT2D eigenvalue weighted by molar-refractivity contribution is 7.89. The van der Waals surface area contributed by atoms with Crippen LogP contribution in [0, 0.1) is 0 Å². The fourth-order valence-corrected chi connectivity index (χ4v) is 4.62. The molecule has 3 aromatic rings. The highest BCUT2D eigenvalue weighted by Gasteiger charge is 2.36. The Labute approximate surface area is 160 Å². The van der Waals surface area contributed by atoms with Gasteiger partial charge in [-0.3, -0.25) is 0 Å². The van der Waals surface area contributed by atoms with Crippen LogP contribution in [0.3, 0.4) is 0 Å². The number of sulfonamides is 1. The van der Waals surface area contributed by atoms with Crippen molar-refractivity contribution in [2.45, 2.75) is 10.5 Å². The first-order chi connectivity index (χ1) is 13.0. The summed E-state index contributed by atoms with van der Waals surface area (Å²) in [5.74, 6) is 1.14. The van der Waals surface area contributed by atoms with Crippen LogP contribution in [-0.4, -0.2) is 33.3 Å². The molecule has 1 unspecified atom stereocenters. The molecule has 0 spiro atoms. The molecule has 0 radical (unpaired) electrons. The van der Waals surface area contributed by atoms with Gasteiger partial charge in [-0.05, 0) is 41.1 Å². The molecule has 1 atom stereocenters. The van der Waals surface area contributed by atoms with Crippen molar-refractivity contribution in [1.29, 1.82) is 0 Å². The Bertz CT molecular complexity index is 978. The maximum absolute atomic E-state index is 12.8. The first-order valence-corrected chi connectivity index (χ1v) is 10.6. The van der Waals surface area contributed by atoms with Crippen LogP contribution in [0.1, 0.15) is 11.3 Å². The van der Waals surface area contributed by atoms with Gasteiger partial charge in [-0.25, -0.2) is 13.1 Å². The Morgan fingerprint density at radius 3 is 2.67 bits per heavy atom. The molecule has 7 nitrogen and oxygen atoms in total. The summed E-state index contributed by atoms with van der Waals surface area (Å²) < 4.78 is 44.2. The van der Waals surface area contributed by atoms with Gasteiger partial charge < -0.3 is 19.0 Å². The van der Waals surface area contributed by atoms with E-state index in [9.17, 15) is 13.5 Å².